The van der Waals surface area contributed by atoms with Gasteiger partial charge in [-0.05, 0) is 36.4 Å². The molecule has 0 saturated heterocycles. The highest BCUT2D eigenvalue weighted by Gasteiger charge is 2.33. The van der Waals surface area contributed by atoms with Gasteiger partial charge in [-0.1, -0.05) is 54.1 Å². The summed E-state index contributed by atoms with van der Waals surface area (Å²) in [7, 11) is -3.44. The molecule has 0 spiro atoms. The normalized spacial score (nSPS) is 15.8. The summed E-state index contributed by atoms with van der Waals surface area (Å²) in [5, 5.41) is 12.1. The second kappa shape index (κ2) is 8.57. The molecule has 0 aromatic heterocycles. The number of aromatic hydroxyl groups is 1. The Bertz CT molecular complexity index is 1320. The SMILES string of the molecule is CS(=O)(=O)Nc1cccc(C2=C[C@H](c3ccccc3O)N(C(=O)c3ccccc3Cl)N2)c1. The number of halogens is 1. The van der Waals surface area contributed by atoms with Crippen LogP contribution >= 0.6 is 11.6 Å². The van der Waals surface area contributed by atoms with Crippen LogP contribution in [0.1, 0.15) is 27.5 Å². The van der Waals surface area contributed by atoms with Crippen LogP contribution in [0.25, 0.3) is 5.70 Å². The molecule has 3 aromatic rings. The fourth-order valence-corrected chi connectivity index (χ4v) is 4.27. The van der Waals surface area contributed by atoms with E-state index >= 15 is 0 Å². The first-order chi connectivity index (χ1) is 15.2. The largest absolute Gasteiger partial charge is 0.508 e. The van der Waals surface area contributed by atoms with Crippen LogP contribution in [0.2, 0.25) is 5.02 Å². The first-order valence-electron chi connectivity index (χ1n) is 9.65. The van der Waals surface area contributed by atoms with Gasteiger partial charge in [0, 0.05) is 16.8 Å². The molecule has 3 aromatic carbocycles. The highest BCUT2D eigenvalue weighted by atomic mass is 35.5. The molecular weight excluding hydrogens is 450 g/mol. The Balaban J connectivity index is 1.75. The lowest BCUT2D eigenvalue weighted by Gasteiger charge is -2.26. The van der Waals surface area contributed by atoms with Crippen LogP contribution < -0.4 is 10.1 Å². The van der Waals surface area contributed by atoms with Crippen molar-refractivity contribution in [2.45, 2.75) is 6.04 Å². The number of amides is 1. The Labute approximate surface area is 191 Å². The number of hydrogen-bond acceptors (Lipinski definition) is 5. The Morgan fingerprint density at radius 2 is 1.78 bits per heavy atom. The van der Waals surface area contributed by atoms with Gasteiger partial charge in [-0.25, -0.2) is 13.4 Å². The number of rotatable bonds is 5. The van der Waals surface area contributed by atoms with Crippen LogP contribution in [-0.2, 0) is 10.0 Å². The molecule has 1 aliphatic heterocycles. The zero-order valence-electron chi connectivity index (χ0n) is 17.0. The molecule has 9 heteroatoms. The van der Waals surface area contributed by atoms with Gasteiger partial charge in [0.15, 0.2) is 0 Å². The number of nitrogens with zero attached hydrogens (tertiary/aromatic N) is 1. The zero-order valence-corrected chi connectivity index (χ0v) is 18.6. The van der Waals surface area contributed by atoms with Crippen molar-refractivity contribution in [3.8, 4) is 5.75 Å². The molecule has 0 bridgehead atoms. The van der Waals surface area contributed by atoms with E-state index in [9.17, 15) is 18.3 Å². The molecule has 0 radical (unpaired) electrons. The van der Waals surface area contributed by atoms with E-state index in [1.165, 1.54) is 5.01 Å². The minimum atomic E-state index is -3.44. The van der Waals surface area contributed by atoms with E-state index < -0.39 is 16.1 Å². The molecule has 1 aliphatic rings. The van der Waals surface area contributed by atoms with Crippen LogP contribution in [0.3, 0.4) is 0 Å². The van der Waals surface area contributed by atoms with Crippen LogP contribution in [0.15, 0.2) is 78.9 Å². The van der Waals surface area contributed by atoms with Crippen LogP contribution in [0, 0.1) is 0 Å². The van der Waals surface area contributed by atoms with Gasteiger partial charge in [-0.15, -0.1) is 0 Å². The minimum absolute atomic E-state index is 0.0428. The van der Waals surface area contributed by atoms with Crippen LogP contribution in [-0.4, -0.2) is 30.7 Å². The fourth-order valence-electron chi connectivity index (χ4n) is 3.50. The fraction of sp³-hybridized carbons (Fsp3) is 0.0870. The number of sulfonamides is 1. The van der Waals surface area contributed by atoms with Crippen LogP contribution in [0.4, 0.5) is 5.69 Å². The third kappa shape index (κ3) is 4.56. The van der Waals surface area contributed by atoms with E-state index in [0.717, 1.165) is 6.26 Å². The summed E-state index contributed by atoms with van der Waals surface area (Å²) >= 11 is 6.25. The summed E-state index contributed by atoms with van der Waals surface area (Å²) < 4.78 is 25.7. The molecule has 1 amide bonds. The lowest BCUT2D eigenvalue weighted by molar-refractivity contribution is 0.0671. The number of hydrogen-bond donors (Lipinski definition) is 3. The highest BCUT2D eigenvalue weighted by Crippen LogP contribution is 2.37. The van der Waals surface area contributed by atoms with E-state index in [-0.39, 0.29) is 11.7 Å². The van der Waals surface area contributed by atoms with Crippen molar-refractivity contribution < 1.29 is 18.3 Å². The van der Waals surface area contributed by atoms with Crippen molar-refractivity contribution in [1.29, 1.82) is 0 Å². The first kappa shape index (κ1) is 21.7. The maximum absolute atomic E-state index is 13.4. The van der Waals surface area contributed by atoms with Crippen molar-refractivity contribution in [1.82, 2.24) is 10.4 Å². The number of phenolic OH excluding ortho intramolecular Hbond substituents is 1. The summed E-state index contributed by atoms with van der Waals surface area (Å²) in [6, 6.07) is 19.6. The molecule has 0 saturated carbocycles. The summed E-state index contributed by atoms with van der Waals surface area (Å²) in [6.07, 6.45) is 2.87. The van der Waals surface area contributed by atoms with E-state index in [1.54, 1.807) is 78.9 Å². The van der Waals surface area contributed by atoms with Gasteiger partial charge in [0.2, 0.25) is 10.0 Å². The average molecular weight is 470 g/mol. The molecule has 164 valence electrons. The maximum atomic E-state index is 13.4. The Morgan fingerprint density at radius 3 is 2.50 bits per heavy atom. The number of nitrogens with one attached hydrogen (secondary N) is 2. The number of phenols is 1. The Kier molecular flexibility index (Phi) is 5.82. The Morgan fingerprint density at radius 1 is 1.06 bits per heavy atom. The topological polar surface area (TPSA) is 98.7 Å². The van der Waals surface area contributed by atoms with Gasteiger partial charge in [-0.3, -0.25) is 14.9 Å². The monoisotopic (exact) mass is 469 g/mol. The van der Waals surface area contributed by atoms with E-state index in [1.807, 2.05) is 0 Å². The van der Waals surface area contributed by atoms with Gasteiger partial charge < -0.3 is 5.11 Å². The molecule has 0 fully saturated rings. The molecule has 32 heavy (non-hydrogen) atoms. The molecule has 1 heterocycles. The van der Waals surface area contributed by atoms with E-state index in [2.05, 4.69) is 10.1 Å². The van der Waals surface area contributed by atoms with E-state index in [0.29, 0.717) is 33.1 Å². The summed E-state index contributed by atoms with van der Waals surface area (Å²) in [5.74, 6) is -0.332. The van der Waals surface area contributed by atoms with Gasteiger partial charge in [0.25, 0.3) is 5.91 Å². The predicted molar refractivity (Wildman–Crippen MR) is 124 cm³/mol. The summed E-state index contributed by atoms with van der Waals surface area (Å²) in [4.78, 5) is 13.4. The number of para-hydroxylation sites is 1. The molecule has 1 atom stereocenters. The van der Waals surface area contributed by atoms with E-state index in [4.69, 9.17) is 11.6 Å². The van der Waals surface area contributed by atoms with Crippen molar-refractivity contribution in [3.05, 3.63) is 101 Å². The van der Waals surface area contributed by atoms with Crippen LogP contribution in [0.5, 0.6) is 5.75 Å². The number of carbonyl (C=O) groups is 1. The van der Waals surface area contributed by atoms with Crippen molar-refractivity contribution >= 4 is 38.9 Å². The molecule has 7 nitrogen and oxygen atoms in total. The number of hydrazine groups is 1. The first-order valence-corrected chi connectivity index (χ1v) is 11.9. The third-order valence-corrected chi connectivity index (χ3v) is 5.83. The molecular formula is C23H20ClN3O4S. The smallest absolute Gasteiger partial charge is 0.274 e. The average Bonchev–Trinajstić information content (AvgIpc) is 3.18. The molecule has 4 rings (SSSR count). The van der Waals surface area contributed by atoms with Gasteiger partial charge in [0.05, 0.1) is 22.5 Å². The van der Waals surface area contributed by atoms with Crippen molar-refractivity contribution in [3.63, 3.8) is 0 Å². The predicted octanol–water partition coefficient (Wildman–Crippen LogP) is 4.16. The second-order valence-electron chi connectivity index (χ2n) is 7.31. The molecule has 0 aliphatic carbocycles. The van der Waals surface area contributed by atoms with Crippen molar-refractivity contribution in [2.24, 2.45) is 0 Å². The summed E-state index contributed by atoms with van der Waals surface area (Å²) in [5.41, 5.74) is 5.57. The number of carbonyl (C=O) groups excluding carboxylic acids is 1. The second-order valence-corrected chi connectivity index (χ2v) is 9.46. The molecule has 3 N–H and O–H groups in total. The highest BCUT2D eigenvalue weighted by molar-refractivity contribution is 7.92. The minimum Gasteiger partial charge on any atom is -0.508 e. The third-order valence-electron chi connectivity index (χ3n) is 4.90. The number of anilines is 1. The van der Waals surface area contributed by atoms with Gasteiger partial charge in [0.1, 0.15) is 11.8 Å². The quantitative estimate of drug-likeness (QED) is 0.521. The standard InChI is InChI=1S/C23H20ClN3O4S/c1-32(30,31)26-16-8-6-7-15(13-16)20-14-21(18-10-3-5-12-22(18)28)27(25-20)23(29)17-9-2-4-11-19(17)24/h2-14,21,25-26,28H,1H3/t21-/m1/s1. The maximum Gasteiger partial charge on any atom is 0.274 e. The van der Waals surface area contributed by atoms with Crippen molar-refractivity contribution in [2.75, 3.05) is 11.0 Å². The lowest BCUT2D eigenvalue weighted by atomic mass is 10.0. The lowest BCUT2D eigenvalue weighted by Crippen LogP contribution is -2.39. The van der Waals surface area contributed by atoms with Gasteiger partial charge in [-0.2, -0.15) is 0 Å². The molecule has 0 unspecified atom stereocenters. The number of benzene rings is 3. The van der Waals surface area contributed by atoms with Gasteiger partial charge >= 0.3 is 0 Å². The Hall–Kier alpha value is -3.49. The summed E-state index contributed by atoms with van der Waals surface area (Å²) in [6.45, 7) is 0. The zero-order chi connectivity index (χ0) is 22.9.